The number of fused-ring (bicyclic) bond motifs is 1. The molecule has 0 saturated heterocycles. The Hall–Kier alpha value is -3.00. The lowest BCUT2D eigenvalue weighted by atomic mass is 10.2. The number of nitrogens with zero attached hydrogens (tertiary/aromatic N) is 2. The van der Waals surface area contributed by atoms with Gasteiger partial charge in [-0.1, -0.05) is 30.4 Å². The third-order valence-electron chi connectivity index (χ3n) is 3.51. The van der Waals surface area contributed by atoms with Gasteiger partial charge in [0.25, 0.3) is 11.6 Å². The summed E-state index contributed by atoms with van der Waals surface area (Å²) in [6.45, 7) is 1.91. The van der Waals surface area contributed by atoms with E-state index >= 15 is 0 Å². The molecule has 0 fully saturated rings. The zero-order chi connectivity index (χ0) is 17.8. The summed E-state index contributed by atoms with van der Waals surface area (Å²) in [6, 6.07) is 12.0. The number of thiazole rings is 1. The van der Waals surface area contributed by atoms with E-state index in [2.05, 4.69) is 10.3 Å². The summed E-state index contributed by atoms with van der Waals surface area (Å²) in [4.78, 5) is 26.6. The molecule has 0 unspecified atom stereocenters. The largest absolute Gasteiger partial charge is 0.484 e. The number of amides is 1. The van der Waals surface area contributed by atoms with Crippen molar-refractivity contribution in [2.45, 2.75) is 13.3 Å². The van der Waals surface area contributed by atoms with Gasteiger partial charge in [0.2, 0.25) is 0 Å². The fourth-order valence-corrected chi connectivity index (χ4v) is 3.15. The van der Waals surface area contributed by atoms with E-state index in [1.165, 1.54) is 23.5 Å². The van der Waals surface area contributed by atoms with Crippen molar-refractivity contribution in [3.8, 4) is 5.75 Å². The van der Waals surface area contributed by atoms with Crippen LogP contribution in [0.1, 0.15) is 12.5 Å². The first-order valence-corrected chi connectivity index (χ1v) is 8.43. The number of non-ortho nitro benzene ring substituents is 1. The number of aromatic nitrogens is 1. The topological polar surface area (TPSA) is 94.4 Å². The number of nitro benzene ring substituents is 1. The van der Waals surface area contributed by atoms with E-state index in [0.29, 0.717) is 21.1 Å². The number of hydrogen-bond acceptors (Lipinski definition) is 6. The number of hydrogen-bond donors (Lipinski definition) is 1. The van der Waals surface area contributed by atoms with Crippen LogP contribution in [0.25, 0.3) is 10.2 Å². The number of benzene rings is 2. The summed E-state index contributed by atoms with van der Waals surface area (Å²) >= 11 is 1.18. The van der Waals surface area contributed by atoms with E-state index in [4.69, 9.17) is 4.74 Å². The lowest BCUT2D eigenvalue weighted by Crippen LogP contribution is -2.20. The van der Waals surface area contributed by atoms with Gasteiger partial charge in [0.15, 0.2) is 11.7 Å². The third kappa shape index (κ3) is 4.10. The van der Waals surface area contributed by atoms with Crippen molar-refractivity contribution < 1.29 is 14.5 Å². The maximum Gasteiger partial charge on any atom is 0.270 e. The van der Waals surface area contributed by atoms with Crippen molar-refractivity contribution >= 4 is 38.3 Å². The fourth-order valence-electron chi connectivity index (χ4n) is 2.24. The maximum atomic E-state index is 12.0. The predicted molar refractivity (Wildman–Crippen MR) is 96.2 cm³/mol. The molecular formula is C17H15N3O4S. The van der Waals surface area contributed by atoms with Gasteiger partial charge in [-0.3, -0.25) is 20.2 Å². The van der Waals surface area contributed by atoms with Crippen LogP contribution in [-0.4, -0.2) is 22.4 Å². The molecule has 0 aliphatic heterocycles. The van der Waals surface area contributed by atoms with Gasteiger partial charge in [-0.25, -0.2) is 4.98 Å². The highest BCUT2D eigenvalue weighted by atomic mass is 32.1. The van der Waals surface area contributed by atoms with Crippen LogP contribution in [0.4, 0.5) is 10.8 Å². The number of carbonyl (C=O) groups excluding carboxylic acids is 1. The molecule has 3 rings (SSSR count). The number of ether oxygens (including phenoxy) is 1. The van der Waals surface area contributed by atoms with Crippen LogP contribution in [0, 0.1) is 10.1 Å². The second kappa shape index (κ2) is 7.27. The van der Waals surface area contributed by atoms with E-state index in [1.54, 1.807) is 12.1 Å². The predicted octanol–water partition coefficient (Wildman–Crippen LogP) is 3.78. The lowest BCUT2D eigenvalue weighted by molar-refractivity contribution is -0.384. The lowest BCUT2D eigenvalue weighted by Gasteiger charge is -2.06. The number of anilines is 1. The van der Waals surface area contributed by atoms with Crippen LogP contribution < -0.4 is 10.1 Å². The van der Waals surface area contributed by atoms with Crippen molar-refractivity contribution in [2.24, 2.45) is 0 Å². The highest BCUT2D eigenvalue weighted by molar-refractivity contribution is 7.22. The zero-order valence-electron chi connectivity index (χ0n) is 13.4. The number of rotatable bonds is 6. The molecule has 2 aromatic carbocycles. The van der Waals surface area contributed by atoms with Crippen molar-refractivity contribution in [3.05, 3.63) is 58.1 Å². The van der Waals surface area contributed by atoms with Gasteiger partial charge in [0.1, 0.15) is 5.75 Å². The molecule has 0 atom stereocenters. The van der Waals surface area contributed by atoms with Crippen LogP contribution in [0.15, 0.2) is 42.5 Å². The number of aryl methyl sites for hydroxylation is 1. The normalized spacial score (nSPS) is 10.6. The average Bonchev–Trinajstić information content (AvgIpc) is 3.01. The molecule has 0 aliphatic rings. The van der Waals surface area contributed by atoms with Gasteiger partial charge in [-0.05, 0) is 30.2 Å². The maximum absolute atomic E-state index is 12.0. The molecule has 8 heteroatoms. The fraction of sp³-hybridized carbons (Fsp3) is 0.176. The minimum atomic E-state index is -0.463. The van der Waals surface area contributed by atoms with Gasteiger partial charge in [0.05, 0.1) is 15.1 Å². The highest BCUT2D eigenvalue weighted by Crippen LogP contribution is 2.29. The summed E-state index contributed by atoms with van der Waals surface area (Å²) in [5.74, 6) is 0.296. The second-order valence-corrected chi connectivity index (χ2v) is 6.30. The molecule has 0 bridgehead atoms. The number of carbonyl (C=O) groups is 1. The second-order valence-electron chi connectivity index (χ2n) is 5.27. The van der Waals surface area contributed by atoms with Gasteiger partial charge in [-0.2, -0.15) is 0 Å². The zero-order valence-corrected chi connectivity index (χ0v) is 14.2. The Bertz CT molecular complexity index is 939. The molecule has 0 saturated carbocycles. The van der Waals surface area contributed by atoms with Crippen molar-refractivity contribution in [3.63, 3.8) is 0 Å². The molecular weight excluding hydrogens is 342 g/mol. The number of nitrogens with one attached hydrogen (secondary N) is 1. The molecule has 0 spiro atoms. The van der Waals surface area contributed by atoms with Gasteiger partial charge in [0, 0.05) is 12.1 Å². The molecule has 1 aromatic heterocycles. The summed E-state index contributed by atoms with van der Waals surface area (Å²) in [6.07, 6.45) is 0.890. The Kier molecular flexibility index (Phi) is 4.90. The summed E-state index contributed by atoms with van der Waals surface area (Å²) in [5.41, 5.74) is 1.72. The van der Waals surface area contributed by atoms with Crippen molar-refractivity contribution in [1.29, 1.82) is 0 Å². The molecule has 3 aromatic rings. The summed E-state index contributed by atoms with van der Waals surface area (Å²) < 4.78 is 6.12. The first-order chi connectivity index (χ1) is 12.0. The Labute approximate surface area is 147 Å². The van der Waals surface area contributed by atoms with Crippen molar-refractivity contribution in [2.75, 3.05) is 11.9 Å². The van der Waals surface area contributed by atoms with Gasteiger partial charge < -0.3 is 4.74 Å². The molecule has 128 valence electrons. The summed E-state index contributed by atoms with van der Waals surface area (Å²) in [5, 5.41) is 13.8. The number of nitro groups is 1. The molecule has 0 radical (unpaired) electrons. The SMILES string of the molecule is CCc1cccc(OCC(=O)Nc2nc3ccc([N+](=O)[O-])cc3s2)c1. The Morgan fingerprint density at radius 2 is 2.16 bits per heavy atom. The molecule has 1 heterocycles. The van der Waals surface area contributed by atoms with E-state index in [0.717, 1.165) is 12.0 Å². The van der Waals surface area contributed by atoms with Gasteiger partial charge in [-0.15, -0.1) is 0 Å². The monoisotopic (exact) mass is 357 g/mol. The molecule has 1 N–H and O–H groups in total. The van der Waals surface area contributed by atoms with Crippen LogP contribution in [0.2, 0.25) is 0 Å². The van der Waals surface area contributed by atoms with Gasteiger partial charge >= 0.3 is 0 Å². The van der Waals surface area contributed by atoms with E-state index < -0.39 is 4.92 Å². The first-order valence-electron chi connectivity index (χ1n) is 7.61. The smallest absolute Gasteiger partial charge is 0.270 e. The van der Waals surface area contributed by atoms with E-state index in [-0.39, 0.29) is 18.2 Å². The Balaban J connectivity index is 1.64. The molecule has 1 amide bonds. The average molecular weight is 357 g/mol. The first kappa shape index (κ1) is 16.8. The quantitative estimate of drug-likeness (QED) is 0.535. The van der Waals surface area contributed by atoms with Crippen LogP contribution in [0.5, 0.6) is 5.75 Å². The van der Waals surface area contributed by atoms with E-state index in [1.807, 2.05) is 25.1 Å². The summed E-state index contributed by atoms with van der Waals surface area (Å²) in [7, 11) is 0. The van der Waals surface area contributed by atoms with Crippen LogP contribution in [0.3, 0.4) is 0 Å². The molecule has 25 heavy (non-hydrogen) atoms. The Morgan fingerprint density at radius 1 is 1.32 bits per heavy atom. The minimum absolute atomic E-state index is 0.00633. The molecule has 0 aliphatic carbocycles. The minimum Gasteiger partial charge on any atom is -0.484 e. The standard InChI is InChI=1S/C17H15N3O4S/c1-2-11-4-3-5-13(8-11)24-10-16(21)19-17-18-14-7-6-12(20(22)23)9-15(14)25-17/h3-9H,2,10H2,1H3,(H,18,19,21). The third-order valence-corrected chi connectivity index (χ3v) is 4.44. The highest BCUT2D eigenvalue weighted by Gasteiger charge is 2.12. The van der Waals surface area contributed by atoms with Crippen molar-refractivity contribution in [1.82, 2.24) is 4.98 Å². The van der Waals surface area contributed by atoms with Crippen LogP contribution >= 0.6 is 11.3 Å². The van der Waals surface area contributed by atoms with E-state index in [9.17, 15) is 14.9 Å². The Morgan fingerprint density at radius 3 is 2.92 bits per heavy atom. The van der Waals surface area contributed by atoms with Crippen LogP contribution in [-0.2, 0) is 11.2 Å². The molecule has 7 nitrogen and oxygen atoms in total.